The van der Waals surface area contributed by atoms with E-state index >= 15 is 0 Å². The van der Waals surface area contributed by atoms with Crippen LogP contribution >= 0.6 is 0 Å². The molecule has 0 aromatic heterocycles. The normalized spacial score (nSPS) is 12.2. The van der Waals surface area contributed by atoms with Gasteiger partial charge in [-0.25, -0.2) is 0 Å². The van der Waals surface area contributed by atoms with Crippen molar-refractivity contribution in [1.82, 2.24) is 5.32 Å². The summed E-state index contributed by atoms with van der Waals surface area (Å²) in [4.78, 5) is 0. The molecule has 1 rings (SSSR count). The number of hydrogen-bond acceptors (Lipinski definition) is 5. The molecule has 0 aliphatic rings. The molecular formula is C13H21NO4. The highest BCUT2D eigenvalue weighted by Crippen LogP contribution is 2.26. The average molecular weight is 255 g/mol. The van der Waals surface area contributed by atoms with Crippen LogP contribution in [0.2, 0.25) is 0 Å². The Hall–Kier alpha value is -1.30. The molecule has 0 saturated heterocycles. The lowest BCUT2D eigenvalue weighted by molar-refractivity contribution is 0.161. The average Bonchev–Trinajstić information content (AvgIpc) is 2.42. The lowest BCUT2D eigenvalue weighted by atomic mass is 10.1. The van der Waals surface area contributed by atoms with E-state index in [1.54, 1.807) is 39.5 Å². The van der Waals surface area contributed by atoms with Crippen LogP contribution in [0.25, 0.3) is 0 Å². The van der Waals surface area contributed by atoms with Gasteiger partial charge in [0.2, 0.25) is 0 Å². The second kappa shape index (κ2) is 7.92. The summed E-state index contributed by atoms with van der Waals surface area (Å²) < 4.78 is 15.2. The summed E-state index contributed by atoms with van der Waals surface area (Å²) in [7, 11) is 4.81. The summed E-state index contributed by atoms with van der Waals surface area (Å²) in [6.45, 7) is 1.78. The van der Waals surface area contributed by atoms with Crippen molar-refractivity contribution in [1.29, 1.82) is 0 Å². The van der Waals surface area contributed by atoms with E-state index in [0.29, 0.717) is 31.2 Å². The summed E-state index contributed by atoms with van der Waals surface area (Å²) >= 11 is 0. The van der Waals surface area contributed by atoms with Gasteiger partial charge < -0.3 is 24.6 Å². The van der Waals surface area contributed by atoms with Gasteiger partial charge in [-0.3, -0.25) is 0 Å². The zero-order chi connectivity index (χ0) is 13.4. The van der Waals surface area contributed by atoms with E-state index in [0.717, 1.165) is 5.56 Å². The maximum atomic E-state index is 10.0. The number of benzene rings is 1. The fraction of sp³-hybridized carbons (Fsp3) is 0.538. The first kappa shape index (κ1) is 14.8. The van der Waals surface area contributed by atoms with Crippen molar-refractivity contribution in [2.45, 2.75) is 6.10 Å². The Morgan fingerprint density at radius 3 is 2.22 bits per heavy atom. The summed E-state index contributed by atoms with van der Waals surface area (Å²) in [5, 5.41) is 13.1. The molecule has 0 aliphatic heterocycles. The molecule has 5 heteroatoms. The molecule has 0 bridgehead atoms. The molecule has 1 aromatic carbocycles. The number of methoxy groups -OCH3 is 3. The number of rotatable bonds is 8. The second-order valence-electron chi connectivity index (χ2n) is 3.86. The first-order valence-corrected chi connectivity index (χ1v) is 5.82. The van der Waals surface area contributed by atoms with Gasteiger partial charge in [-0.15, -0.1) is 0 Å². The number of aliphatic hydroxyl groups excluding tert-OH is 1. The van der Waals surface area contributed by atoms with Crippen LogP contribution < -0.4 is 14.8 Å². The molecule has 102 valence electrons. The zero-order valence-electron chi connectivity index (χ0n) is 11.1. The van der Waals surface area contributed by atoms with Crippen molar-refractivity contribution in [3.8, 4) is 11.5 Å². The van der Waals surface area contributed by atoms with Gasteiger partial charge in [0.25, 0.3) is 0 Å². The first-order valence-electron chi connectivity index (χ1n) is 5.82. The van der Waals surface area contributed by atoms with Crippen LogP contribution in [0.1, 0.15) is 11.7 Å². The van der Waals surface area contributed by atoms with Crippen molar-refractivity contribution >= 4 is 0 Å². The minimum Gasteiger partial charge on any atom is -0.497 e. The summed E-state index contributed by atoms with van der Waals surface area (Å²) in [5.74, 6) is 1.33. The van der Waals surface area contributed by atoms with Crippen molar-refractivity contribution in [3.05, 3.63) is 23.8 Å². The Balaban J connectivity index is 2.63. The highest BCUT2D eigenvalue weighted by molar-refractivity contribution is 5.39. The van der Waals surface area contributed by atoms with Crippen LogP contribution in [-0.2, 0) is 4.74 Å². The largest absolute Gasteiger partial charge is 0.497 e. The fourth-order valence-electron chi connectivity index (χ4n) is 1.55. The van der Waals surface area contributed by atoms with Crippen molar-refractivity contribution < 1.29 is 19.3 Å². The molecular weight excluding hydrogens is 234 g/mol. The van der Waals surface area contributed by atoms with Crippen LogP contribution in [-0.4, -0.2) is 46.1 Å². The number of nitrogens with one attached hydrogen (secondary N) is 1. The maximum Gasteiger partial charge on any atom is 0.122 e. The van der Waals surface area contributed by atoms with Crippen molar-refractivity contribution in [2.75, 3.05) is 41.0 Å². The van der Waals surface area contributed by atoms with E-state index < -0.39 is 6.10 Å². The Morgan fingerprint density at radius 2 is 1.72 bits per heavy atom. The van der Waals surface area contributed by atoms with Crippen LogP contribution in [0.5, 0.6) is 11.5 Å². The van der Waals surface area contributed by atoms with Crippen LogP contribution in [0.4, 0.5) is 0 Å². The van der Waals surface area contributed by atoms with Crippen molar-refractivity contribution in [3.63, 3.8) is 0 Å². The van der Waals surface area contributed by atoms with Crippen LogP contribution in [0.3, 0.4) is 0 Å². The van der Waals surface area contributed by atoms with Crippen molar-refractivity contribution in [2.24, 2.45) is 0 Å². The van der Waals surface area contributed by atoms with E-state index in [-0.39, 0.29) is 0 Å². The third kappa shape index (κ3) is 4.52. The molecule has 1 unspecified atom stereocenters. The van der Waals surface area contributed by atoms with Gasteiger partial charge >= 0.3 is 0 Å². The molecule has 0 fully saturated rings. The Morgan fingerprint density at radius 1 is 1.11 bits per heavy atom. The van der Waals surface area contributed by atoms with Gasteiger partial charge in [-0.2, -0.15) is 0 Å². The highest BCUT2D eigenvalue weighted by atomic mass is 16.5. The topological polar surface area (TPSA) is 60.0 Å². The summed E-state index contributed by atoms with van der Waals surface area (Å²) in [6, 6.07) is 5.37. The van der Waals surface area contributed by atoms with Crippen LogP contribution in [0, 0.1) is 0 Å². The molecule has 0 spiro atoms. The molecule has 0 heterocycles. The molecule has 18 heavy (non-hydrogen) atoms. The van der Waals surface area contributed by atoms with E-state index in [4.69, 9.17) is 14.2 Å². The minimum atomic E-state index is -0.606. The van der Waals surface area contributed by atoms with Gasteiger partial charge in [0.15, 0.2) is 0 Å². The molecule has 1 aromatic rings. The second-order valence-corrected chi connectivity index (χ2v) is 3.86. The quantitative estimate of drug-likeness (QED) is 0.678. The third-order valence-electron chi connectivity index (χ3n) is 2.58. The van der Waals surface area contributed by atoms with E-state index in [9.17, 15) is 5.11 Å². The number of ether oxygens (including phenoxy) is 3. The Kier molecular flexibility index (Phi) is 6.49. The maximum absolute atomic E-state index is 10.0. The van der Waals surface area contributed by atoms with E-state index in [2.05, 4.69) is 5.32 Å². The lowest BCUT2D eigenvalue weighted by Gasteiger charge is -2.14. The fourth-order valence-corrected chi connectivity index (χ4v) is 1.55. The lowest BCUT2D eigenvalue weighted by Crippen LogP contribution is -2.25. The SMILES string of the molecule is COCCNCC(O)c1cc(OC)cc(OC)c1. The van der Waals surface area contributed by atoms with Gasteiger partial charge in [0.05, 0.1) is 26.9 Å². The predicted molar refractivity (Wildman–Crippen MR) is 69.3 cm³/mol. The molecule has 0 amide bonds. The monoisotopic (exact) mass is 255 g/mol. The summed E-state index contributed by atoms with van der Waals surface area (Å²) in [6.07, 6.45) is -0.606. The van der Waals surface area contributed by atoms with Gasteiger partial charge in [0, 0.05) is 26.3 Å². The first-order chi connectivity index (χ1) is 8.71. The minimum absolute atomic E-state index is 0.458. The molecule has 0 radical (unpaired) electrons. The standard InChI is InChI=1S/C13H21NO4/c1-16-5-4-14-9-13(15)10-6-11(17-2)8-12(7-10)18-3/h6-8,13-15H,4-5,9H2,1-3H3. The molecule has 0 saturated carbocycles. The van der Waals surface area contributed by atoms with E-state index in [1.807, 2.05) is 0 Å². The molecule has 5 nitrogen and oxygen atoms in total. The number of hydrogen-bond donors (Lipinski definition) is 2. The zero-order valence-corrected chi connectivity index (χ0v) is 11.1. The van der Waals surface area contributed by atoms with Gasteiger partial charge in [0.1, 0.15) is 11.5 Å². The predicted octanol–water partition coefficient (Wildman–Crippen LogP) is 0.973. The Bertz CT molecular complexity index is 335. The van der Waals surface area contributed by atoms with Crippen LogP contribution in [0.15, 0.2) is 18.2 Å². The van der Waals surface area contributed by atoms with E-state index in [1.165, 1.54) is 0 Å². The van der Waals surface area contributed by atoms with Gasteiger partial charge in [-0.05, 0) is 17.7 Å². The van der Waals surface area contributed by atoms with Gasteiger partial charge in [-0.1, -0.05) is 0 Å². The Labute approximate surface area is 108 Å². The number of aliphatic hydroxyl groups is 1. The molecule has 0 aliphatic carbocycles. The molecule has 2 N–H and O–H groups in total. The summed E-state index contributed by atoms with van der Waals surface area (Å²) in [5.41, 5.74) is 0.760. The third-order valence-corrected chi connectivity index (χ3v) is 2.58. The highest BCUT2D eigenvalue weighted by Gasteiger charge is 2.10. The smallest absolute Gasteiger partial charge is 0.122 e. The molecule has 1 atom stereocenters.